The van der Waals surface area contributed by atoms with Gasteiger partial charge in [0, 0.05) is 10.6 Å². The first-order chi connectivity index (χ1) is 18.8. The number of benzene rings is 3. The zero-order chi connectivity index (χ0) is 28.4. The molecule has 0 aromatic heterocycles. The van der Waals surface area contributed by atoms with Crippen LogP contribution < -0.4 is 34.4 Å². The van der Waals surface area contributed by atoms with Crippen molar-refractivity contribution in [1.29, 1.82) is 0 Å². The lowest BCUT2D eigenvalue weighted by molar-refractivity contribution is -0.120. The molecule has 39 heavy (non-hydrogen) atoms. The minimum atomic E-state index is -0.577. The molecule has 2 amide bonds. The number of esters is 1. The monoisotopic (exact) mass is 555 g/mol. The van der Waals surface area contributed by atoms with E-state index in [2.05, 4.69) is 15.8 Å². The van der Waals surface area contributed by atoms with E-state index in [1.165, 1.54) is 52.9 Å². The van der Waals surface area contributed by atoms with Crippen LogP contribution in [0, 0.1) is 0 Å². The van der Waals surface area contributed by atoms with Crippen LogP contribution in [0.15, 0.2) is 59.7 Å². The Morgan fingerprint density at radius 2 is 1.44 bits per heavy atom. The van der Waals surface area contributed by atoms with Crippen molar-refractivity contribution >= 4 is 35.6 Å². The molecule has 2 N–H and O–H groups in total. The number of carbonyl (C=O) groups excluding carboxylic acids is 3. The molecule has 3 aromatic rings. The molecule has 204 valence electrons. The van der Waals surface area contributed by atoms with E-state index in [1.807, 2.05) is 0 Å². The summed E-state index contributed by atoms with van der Waals surface area (Å²) < 4.78 is 26.4. The number of nitrogens with zero attached hydrogens (tertiary/aromatic N) is 1. The molecule has 0 spiro atoms. The largest absolute Gasteiger partial charge is 0.493 e. The number of halogens is 1. The summed E-state index contributed by atoms with van der Waals surface area (Å²) in [6, 6.07) is 13.9. The third kappa shape index (κ3) is 7.62. The number of carbonyl (C=O) groups is 3. The zero-order valence-corrected chi connectivity index (χ0v) is 22.3. The van der Waals surface area contributed by atoms with Crippen molar-refractivity contribution in [3.63, 3.8) is 0 Å². The van der Waals surface area contributed by atoms with Crippen molar-refractivity contribution in [2.24, 2.45) is 5.10 Å². The summed E-state index contributed by atoms with van der Waals surface area (Å²) in [6.45, 7) is -0.338. The maximum Gasteiger partial charge on any atom is 0.343 e. The molecular formula is C27H26ClN3O8. The number of hydrazone groups is 1. The Morgan fingerprint density at radius 3 is 2.03 bits per heavy atom. The second-order valence-electron chi connectivity index (χ2n) is 7.70. The summed E-state index contributed by atoms with van der Waals surface area (Å²) in [5.74, 6) is -0.234. The molecule has 0 aliphatic heterocycles. The highest BCUT2D eigenvalue weighted by atomic mass is 35.5. The predicted octanol–water partition coefficient (Wildman–Crippen LogP) is 3.47. The Bertz CT molecular complexity index is 1350. The Morgan fingerprint density at radius 1 is 0.795 bits per heavy atom. The van der Waals surface area contributed by atoms with Crippen molar-refractivity contribution in [3.8, 4) is 28.7 Å². The van der Waals surface area contributed by atoms with Crippen LogP contribution in [0.3, 0.4) is 0 Å². The third-order valence-electron chi connectivity index (χ3n) is 5.21. The van der Waals surface area contributed by atoms with E-state index in [0.717, 1.165) is 0 Å². The van der Waals surface area contributed by atoms with Gasteiger partial charge in [0.2, 0.25) is 5.75 Å². The molecule has 0 atom stereocenters. The number of nitrogens with one attached hydrogen (secondary N) is 2. The smallest absolute Gasteiger partial charge is 0.343 e. The van der Waals surface area contributed by atoms with E-state index in [0.29, 0.717) is 33.4 Å². The zero-order valence-electron chi connectivity index (χ0n) is 21.6. The van der Waals surface area contributed by atoms with Crippen LogP contribution in [0.4, 0.5) is 0 Å². The first kappa shape index (κ1) is 28.8. The van der Waals surface area contributed by atoms with Gasteiger partial charge in [-0.3, -0.25) is 9.59 Å². The number of methoxy groups -OCH3 is 4. The van der Waals surface area contributed by atoms with Crippen molar-refractivity contribution in [2.45, 2.75) is 0 Å². The summed E-state index contributed by atoms with van der Waals surface area (Å²) in [7, 11) is 5.74. The van der Waals surface area contributed by atoms with Gasteiger partial charge in [-0.2, -0.15) is 5.10 Å². The highest BCUT2D eigenvalue weighted by molar-refractivity contribution is 6.30. The average molecular weight is 556 g/mol. The van der Waals surface area contributed by atoms with Crippen LogP contribution in [0.1, 0.15) is 26.3 Å². The van der Waals surface area contributed by atoms with Gasteiger partial charge >= 0.3 is 5.97 Å². The molecule has 0 bridgehead atoms. The van der Waals surface area contributed by atoms with Gasteiger partial charge in [0.1, 0.15) is 0 Å². The molecule has 11 nitrogen and oxygen atoms in total. The number of hydrogen-bond donors (Lipinski definition) is 2. The number of amides is 2. The van der Waals surface area contributed by atoms with Gasteiger partial charge in [-0.1, -0.05) is 11.6 Å². The van der Waals surface area contributed by atoms with E-state index in [-0.39, 0.29) is 23.6 Å². The minimum Gasteiger partial charge on any atom is -0.493 e. The molecule has 3 aromatic carbocycles. The predicted molar refractivity (Wildman–Crippen MR) is 144 cm³/mol. The van der Waals surface area contributed by atoms with Gasteiger partial charge in [-0.25, -0.2) is 10.2 Å². The fourth-order valence-corrected chi connectivity index (χ4v) is 3.41. The van der Waals surface area contributed by atoms with Gasteiger partial charge in [0.15, 0.2) is 23.0 Å². The topological polar surface area (TPSA) is 134 Å². The first-order valence-corrected chi connectivity index (χ1v) is 11.7. The molecule has 0 fully saturated rings. The molecule has 3 rings (SSSR count). The normalized spacial score (nSPS) is 10.5. The molecule has 0 saturated carbocycles. The van der Waals surface area contributed by atoms with E-state index in [9.17, 15) is 14.4 Å². The van der Waals surface area contributed by atoms with Gasteiger partial charge in [0.05, 0.1) is 46.8 Å². The van der Waals surface area contributed by atoms with Crippen molar-refractivity contribution in [3.05, 3.63) is 76.3 Å². The molecule has 0 unspecified atom stereocenters. The van der Waals surface area contributed by atoms with Crippen LogP contribution in [0.2, 0.25) is 5.02 Å². The maximum absolute atomic E-state index is 12.5. The summed E-state index contributed by atoms with van der Waals surface area (Å²) in [5, 5.41) is 6.88. The van der Waals surface area contributed by atoms with Gasteiger partial charge in [0.25, 0.3) is 11.8 Å². The molecule has 12 heteroatoms. The highest BCUT2D eigenvalue weighted by Crippen LogP contribution is 2.38. The summed E-state index contributed by atoms with van der Waals surface area (Å²) >= 11 is 5.85. The number of rotatable bonds is 11. The molecule has 0 radical (unpaired) electrons. The molecule has 0 heterocycles. The molecule has 0 aliphatic carbocycles. The third-order valence-corrected chi connectivity index (χ3v) is 5.46. The Hall–Kier alpha value is -4.77. The lowest BCUT2D eigenvalue weighted by Gasteiger charge is -2.14. The van der Waals surface area contributed by atoms with Gasteiger partial charge < -0.3 is 29.0 Å². The van der Waals surface area contributed by atoms with Crippen LogP contribution in [-0.2, 0) is 4.79 Å². The van der Waals surface area contributed by atoms with Crippen LogP contribution >= 0.6 is 11.6 Å². The molecular weight excluding hydrogens is 530 g/mol. The fraction of sp³-hybridized carbons (Fsp3) is 0.185. The summed E-state index contributed by atoms with van der Waals surface area (Å²) in [5.41, 5.74) is 3.42. The Labute approximate surface area is 229 Å². The van der Waals surface area contributed by atoms with Crippen LogP contribution in [-0.4, -0.2) is 59.0 Å². The van der Waals surface area contributed by atoms with Crippen molar-refractivity contribution < 1.29 is 38.1 Å². The lowest BCUT2D eigenvalue weighted by atomic mass is 10.1. The van der Waals surface area contributed by atoms with Gasteiger partial charge in [-0.05, 0) is 60.2 Å². The quantitative estimate of drug-likeness (QED) is 0.159. The molecule has 0 aliphatic rings. The second kappa shape index (κ2) is 13.7. The van der Waals surface area contributed by atoms with Crippen LogP contribution in [0.25, 0.3) is 0 Å². The number of ether oxygens (including phenoxy) is 5. The SMILES string of the molecule is COc1cc(/C=N\NC(=O)CNC(=O)c2cc(OC)c(OC)c(OC)c2)ccc1OC(=O)c1ccc(Cl)cc1. The first-order valence-electron chi connectivity index (χ1n) is 11.4. The maximum atomic E-state index is 12.5. The Balaban J connectivity index is 1.56. The standard InChI is InChI=1S/C27H26ClN3O8/c1-35-21-11-16(5-10-20(21)39-27(34)17-6-8-19(28)9-7-17)14-30-31-24(32)15-29-26(33)18-12-22(36-2)25(38-4)23(13-18)37-3/h5-14H,15H2,1-4H3,(H,29,33)(H,31,32)/b30-14-. The van der Waals surface area contributed by atoms with E-state index < -0.39 is 17.8 Å². The van der Waals surface area contributed by atoms with E-state index >= 15 is 0 Å². The van der Waals surface area contributed by atoms with E-state index in [1.54, 1.807) is 36.4 Å². The Kier molecular flexibility index (Phi) is 10.1. The lowest BCUT2D eigenvalue weighted by Crippen LogP contribution is -2.34. The average Bonchev–Trinajstić information content (AvgIpc) is 2.95. The van der Waals surface area contributed by atoms with Gasteiger partial charge in [-0.15, -0.1) is 0 Å². The number of hydrogen-bond acceptors (Lipinski definition) is 9. The van der Waals surface area contributed by atoms with Crippen molar-refractivity contribution in [1.82, 2.24) is 10.7 Å². The van der Waals surface area contributed by atoms with Crippen LogP contribution in [0.5, 0.6) is 28.7 Å². The highest BCUT2D eigenvalue weighted by Gasteiger charge is 2.17. The fourth-order valence-electron chi connectivity index (χ4n) is 3.29. The minimum absolute atomic E-state index is 0.202. The van der Waals surface area contributed by atoms with Crippen molar-refractivity contribution in [2.75, 3.05) is 35.0 Å². The van der Waals surface area contributed by atoms with E-state index in [4.69, 9.17) is 35.3 Å². The summed E-state index contributed by atoms with van der Waals surface area (Å²) in [6.07, 6.45) is 1.37. The summed E-state index contributed by atoms with van der Waals surface area (Å²) in [4.78, 5) is 37.1. The second-order valence-corrected chi connectivity index (χ2v) is 8.13. The molecule has 0 saturated heterocycles.